The largest absolute Gasteiger partial charge is 0.507 e. The van der Waals surface area contributed by atoms with Crippen molar-refractivity contribution < 1.29 is 23.8 Å². The van der Waals surface area contributed by atoms with Gasteiger partial charge in [0, 0.05) is 12.1 Å². The fraction of sp³-hybridized carbons (Fsp3) is 0.238. The normalized spacial score (nSPS) is 18.4. The lowest BCUT2D eigenvalue weighted by atomic mass is 9.95. The number of hydrogen-bond acceptors (Lipinski definition) is 4. The number of methoxy groups -OCH3 is 1. The van der Waals surface area contributed by atoms with Gasteiger partial charge >= 0.3 is 0 Å². The van der Waals surface area contributed by atoms with Gasteiger partial charge < -0.3 is 14.7 Å². The zero-order valence-corrected chi connectivity index (χ0v) is 17.2. The summed E-state index contributed by atoms with van der Waals surface area (Å²) >= 11 is 12.3. The van der Waals surface area contributed by atoms with Crippen LogP contribution in [0.4, 0.5) is 4.39 Å². The molecule has 152 valence electrons. The first-order chi connectivity index (χ1) is 13.8. The number of likely N-dealkylation sites (tertiary alicyclic amines) is 1. The van der Waals surface area contributed by atoms with Crippen LogP contribution in [0.1, 0.15) is 30.5 Å². The van der Waals surface area contributed by atoms with E-state index in [1.807, 2.05) is 6.92 Å². The van der Waals surface area contributed by atoms with Crippen molar-refractivity contribution in [3.63, 3.8) is 0 Å². The Morgan fingerprint density at radius 3 is 2.28 bits per heavy atom. The summed E-state index contributed by atoms with van der Waals surface area (Å²) in [5.41, 5.74) is 0.570. The third-order valence-electron chi connectivity index (χ3n) is 4.67. The molecule has 2 aromatic carbocycles. The van der Waals surface area contributed by atoms with Crippen LogP contribution >= 0.6 is 23.2 Å². The number of ether oxygens (including phenoxy) is 1. The molecule has 29 heavy (non-hydrogen) atoms. The van der Waals surface area contributed by atoms with Crippen LogP contribution in [-0.2, 0) is 9.59 Å². The van der Waals surface area contributed by atoms with E-state index in [1.165, 1.54) is 48.4 Å². The number of amides is 1. The molecule has 1 fully saturated rings. The van der Waals surface area contributed by atoms with Crippen LogP contribution in [0.2, 0.25) is 10.0 Å². The van der Waals surface area contributed by atoms with Crippen molar-refractivity contribution >= 4 is 40.7 Å². The third-order valence-corrected chi connectivity index (χ3v) is 5.23. The Labute approximate surface area is 177 Å². The van der Waals surface area contributed by atoms with Crippen LogP contribution in [0.5, 0.6) is 5.75 Å². The lowest BCUT2D eigenvalue weighted by Crippen LogP contribution is -2.30. The van der Waals surface area contributed by atoms with Crippen molar-refractivity contribution in [1.82, 2.24) is 4.90 Å². The minimum atomic E-state index is -0.852. The summed E-state index contributed by atoms with van der Waals surface area (Å²) < 4.78 is 18.5. The summed E-state index contributed by atoms with van der Waals surface area (Å²) in [6, 6.07) is 7.39. The fourth-order valence-electron chi connectivity index (χ4n) is 3.39. The number of rotatable bonds is 5. The van der Waals surface area contributed by atoms with E-state index >= 15 is 0 Å². The van der Waals surface area contributed by atoms with Gasteiger partial charge in [0.15, 0.2) is 5.75 Å². The molecule has 0 bridgehead atoms. The van der Waals surface area contributed by atoms with Crippen molar-refractivity contribution in [3.05, 3.63) is 69.0 Å². The van der Waals surface area contributed by atoms with Gasteiger partial charge in [0.1, 0.15) is 11.6 Å². The van der Waals surface area contributed by atoms with E-state index in [0.29, 0.717) is 18.5 Å². The molecule has 0 spiro atoms. The molecule has 0 aromatic heterocycles. The minimum absolute atomic E-state index is 0.104. The van der Waals surface area contributed by atoms with Gasteiger partial charge in [-0.2, -0.15) is 0 Å². The Hall–Kier alpha value is -2.57. The highest BCUT2D eigenvalue weighted by atomic mass is 35.5. The maximum Gasteiger partial charge on any atom is 0.295 e. The first-order valence-corrected chi connectivity index (χ1v) is 9.63. The Balaban J connectivity index is 2.21. The van der Waals surface area contributed by atoms with Crippen LogP contribution in [0.25, 0.3) is 5.76 Å². The SMILES string of the molecule is CCCN1C(=O)C(=O)/C(=C(/O)c2cc(Cl)c(OC)c(Cl)c2)C1c1ccc(F)cc1. The molecule has 1 saturated heterocycles. The molecule has 1 N–H and O–H groups in total. The van der Waals surface area contributed by atoms with Gasteiger partial charge in [-0.1, -0.05) is 42.3 Å². The standard InChI is InChI=1S/C21H18Cl2FNO4/c1-3-8-25-17(11-4-6-13(24)7-5-11)16(19(27)21(25)28)18(26)12-9-14(22)20(29-2)15(23)10-12/h4-7,9-10,17,26H,3,8H2,1-2H3/b18-16+. The molecule has 1 aliphatic heterocycles. The number of benzene rings is 2. The monoisotopic (exact) mass is 437 g/mol. The molecule has 1 aliphatic rings. The molecule has 3 rings (SSSR count). The summed E-state index contributed by atoms with van der Waals surface area (Å²) in [4.78, 5) is 26.8. The number of nitrogens with zero attached hydrogens (tertiary/aromatic N) is 1. The zero-order valence-electron chi connectivity index (χ0n) is 15.7. The predicted molar refractivity (Wildman–Crippen MR) is 109 cm³/mol. The summed E-state index contributed by atoms with van der Waals surface area (Å²) in [5.74, 6) is -2.19. The number of hydrogen-bond donors (Lipinski definition) is 1. The molecule has 0 aliphatic carbocycles. The van der Waals surface area contributed by atoms with Crippen LogP contribution in [-0.4, -0.2) is 35.4 Å². The second kappa shape index (κ2) is 8.43. The van der Waals surface area contributed by atoms with Crippen molar-refractivity contribution in [3.8, 4) is 5.75 Å². The average molecular weight is 438 g/mol. The molecule has 0 saturated carbocycles. The van der Waals surface area contributed by atoms with Crippen molar-refractivity contribution in [1.29, 1.82) is 0 Å². The van der Waals surface area contributed by atoms with E-state index in [2.05, 4.69) is 0 Å². The number of carbonyl (C=O) groups excluding carboxylic acids is 2. The summed E-state index contributed by atoms with van der Waals surface area (Å²) in [7, 11) is 1.40. The molecular formula is C21H18Cl2FNO4. The quantitative estimate of drug-likeness (QED) is 0.407. The van der Waals surface area contributed by atoms with E-state index < -0.39 is 29.3 Å². The highest BCUT2D eigenvalue weighted by molar-refractivity contribution is 6.46. The van der Waals surface area contributed by atoms with E-state index in [4.69, 9.17) is 27.9 Å². The number of Topliss-reactive ketones (excluding diaryl/α,β-unsaturated/α-hetero) is 1. The van der Waals surface area contributed by atoms with Gasteiger partial charge in [-0.3, -0.25) is 9.59 Å². The van der Waals surface area contributed by atoms with Gasteiger partial charge in [0.25, 0.3) is 11.7 Å². The Bertz CT molecular complexity index is 981. The molecule has 1 atom stereocenters. The smallest absolute Gasteiger partial charge is 0.295 e. The summed E-state index contributed by atoms with van der Waals surface area (Å²) in [5, 5.41) is 11.2. The van der Waals surface area contributed by atoms with Gasteiger partial charge in [-0.25, -0.2) is 4.39 Å². The number of aliphatic hydroxyl groups is 1. The molecule has 5 nitrogen and oxygen atoms in total. The Kier molecular flexibility index (Phi) is 6.15. The highest BCUT2D eigenvalue weighted by Crippen LogP contribution is 2.41. The fourth-order valence-corrected chi connectivity index (χ4v) is 4.03. The summed E-state index contributed by atoms with van der Waals surface area (Å²) in [6.45, 7) is 2.16. The maximum absolute atomic E-state index is 13.4. The molecular weight excluding hydrogens is 420 g/mol. The second-order valence-corrected chi connectivity index (χ2v) is 7.33. The van der Waals surface area contributed by atoms with Gasteiger partial charge in [0.2, 0.25) is 0 Å². The first kappa shape index (κ1) is 21.1. The molecule has 0 radical (unpaired) electrons. The van der Waals surface area contributed by atoms with Crippen LogP contribution in [0.3, 0.4) is 0 Å². The van der Waals surface area contributed by atoms with Crippen molar-refractivity contribution in [2.45, 2.75) is 19.4 Å². The van der Waals surface area contributed by atoms with Gasteiger partial charge in [0.05, 0.1) is 28.8 Å². The van der Waals surface area contributed by atoms with E-state index in [-0.39, 0.29) is 26.9 Å². The molecule has 1 unspecified atom stereocenters. The average Bonchev–Trinajstić information content (AvgIpc) is 2.93. The van der Waals surface area contributed by atoms with E-state index in [1.54, 1.807) is 0 Å². The third kappa shape index (κ3) is 3.82. The molecule has 8 heteroatoms. The van der Waals surface area contributed by atoms with Gasteiger partial charge in [-0.15, -0.1) is 0 Å². The van der Waals surface area contributed by atoms with Gasteiger partial charge in [-0.05, 0) is 36.2 Å². The molecule has 1 heterocycles. The molecule has 2 aromatic rings. The number of aliphatic hydroxyl groups excluding tert-OH is 1. The molecule has 1 amide bonds. The topological polar surface area (TPSA) is 66.8 Å². The van der Waals surface area contributed by atoms with Crippen LogP contribution in [0, 0.1) is 5.82 Å². The van der Waals surface area contributed by atoms with E-state index in [0.717, 1.165) is 0 Å². The lowest BCUT2D eigenvalue weighted by Gasteiger charge is -2.25. The van der Waals surface area contributed by atoms with Crippen LogP contribution < -0.4 is 4.74 Å². The van der Waals surface area contributed by atoms with Crippen molar-refractivity contribution in [2.75, 3.05) is 13.7 Å². The van der Waals surface area contributed by atoms with Crippen molar-refractivity contribution in [2.24, 2.45) is 0 Å². The maximum atomic E-state index is 13.4. The zero-order chi connectivity index (χ0) is 21.3. The van der Waals surface area contributed by atoms with E-state index in [9.17, 15) is 19.1 Å². The number of carbonyl (C=O) groups is 2. The first-order valence-electron chi connectivity index (χ1n) is 8.87. The summed E-state index contributed by atoms with van der Waals surface area (Å²) in [6.07, 6.45) is 0.602. The predicted octanol–water partition coefficient (Wildman–Crippen LogP) is 4.97. The Morgan fingerprint density at radius 2 is 1.76 bits per heavy atom. The highest BCUT2D eigenvalue weighted by Gasteiger charge is 2.45. The van der Waals surface area contributed by atoms with Crippen LogP contribution in [0.15, 0.2) is 42.0 Å². The lowest BCUT2D eigenvalue weighted by molar-refractivity contribution is -0.139. The number of halogens is 3. The Morgan fingerprint density at radius 1 is 1.17 bits per heavy atom. The minimum Gasteiger partial charge on any atom is -0.507 e. The second-order valence-electron chi connectivity index (χ2n) is 6.52. The number of ketones is 1.